The molecule has 0 aliphatic heterocycles. The Morgan fingerprint density at radius 2 is 1.77 bits per heavy atom. The topological polar surface area (TPSA) is 96.0 Å². The van der Waals surface area contributed by atoms with E-state index in [-0.39, 0.29) is 35.0 Å². The molecule has 2 atom stereocenters. The zero-order chi connectivity index (χ0) is 26.3. The first kappa shape index (κ1) is 28.7. The van der Waals surface area contributed by atoms with Gasteiger partial charge in [0.1, 0.15) is 18.3 Å². The van der Waals surface area contributed by atoms with Crippen molar-refractivity contribution in [2.45, 2.75) is 45.8 Å². The van der Waals surface area contributed by atoms with Crippen molar-refractivity contribution >= 4 is 50.7 Å². The van der Waals surface area contributed by atoms with E-state index in [1.807, 2.05) is 13.8 Å². The Bertz CT molecular complexity index is 1160. The molecule has 11 heteroatoms. The number of benzene rings is 2. The van der Waals surface area contributed by atoms with Crippen molar-refractivity contribution in [3.63, 3.8) is 0 Å². The number of halogens is 2. The summed E-state index contributed by atoms with van der Waals surface area (Å²) in [6.45, 7) is 4.84. The van der Waals surface area contributed by atoms with E-state index in [1.54, 1.807) is 37.3 Å². The number of amides is 2. The summed E-state index contributed by atoms with van der Waals surface area (Å²) in [7, 11) is -2.54. The van der Waals surface area contributed by atoms with E-state index in [1.165, 1.54) is 24.1 Å². The SMILES string of the molecule is CCC(C)NC(=O)C(C)N(Cc1ccccc1Cl)C(=O)CN(c1cc(Cl)ccc1OC)S(C)(=O)=O. The third kappa shape index (κ3) is 7.75. The summed E-state index contributed by atoms with van der Waals surface area (Å²) in [5.74, 6) is -0.719. The molecule has 1 N–H and O–H groups in total. The summed E-state index contributed by atoms with van der Waals surface area (Å²) < 4.78 is 31.7. The van der Waals surface area contributed by atoms with Gasteiger partial charge < -0.3 is 15.0 Å². The number of hydrogen-bond donors (Lipinski definition) is 1. The summed E-state index contributed by atoms with van der Waals surface area (Å²) in [6.07, 6.45) is 1.70. The molecule has 0 bridgehead atoms. The molecule has 0 fully saturated rings. The molecule has 35 heavy (non-hydrogen) atoms. The monoisotopic (exact) mass is 543 g/mol. The van der Waals surface area contributed by atoms with Crippen molar-refractivity contribution in [2.24, 2.45) is 0 Å². The fraction of sp³-hybridized carbons (Fsp3) is 0.417. The molecular weight excluding hydrogens is 513 g/mol. The van der Waals surface area contributed by atoms with Crippen LogP contribution >= 0.6 is 23.2 Å². The summed E-state index contributed by atoms with van der Waals surface area (Å²) >= 11 is 12.4. The third-order valence-electron chi connectivity index (χ3n) is 5.56. The van der Waals surface area contributed by atoms with Crippen LogP contribution in [0.5, 0.6) is 5.75 Å². The molecule has 2 unspecified atom stereocenters. The first-order chi connectivity index (χ1) is 16.4. The van der Waals surface area contributed by atoms with Gasteiger partial charge in [-0.25, -0.2) is 8.42 Å². The van der Waals surface area contributed by atoms with Crippen LogP contribution in [-0.2, 0) is 26.2 Å². The Hall–Kier alpha value is -2.49. The van der Waals surface area contributed by atoms with Gasteiger partial charge in [0, 0.05) is 22.6 Å². The first-order valence-electron chi connectivity index (χ1n) is 11.0. The average Bonchev–Trinajstić information content (AvgIpc) is 2.80. The Kier molecular flexibility index (Phi) is 10.2. The van der Waals surface area contributed by atoms with Gasteiger partial charge in [0.05, 0.1) is 19.1 Å². The Balaban J connectivity index is 2.47. The average molecular weight is 545 g/mol. The minimum absolute atomic E-state index is 0.0118. The predicted molar refractivity (Wildman–Crippen MR) is 140 cm³/mol. The third-order valence-corrected chi connectivity index (χ3v) is 7.29. The van der Waals surface area contributed by atoms with Gasteiger partial charge >= 0.3 is 0 Å². The van der Waals surface area contributed by atoms with Crippen molar-refractivity contribution in [1.82, 2.24) is 10.2 Å². The lowest BCUT2D eigenvalue weighted by atomic mass is 10.1. The predicted octanol–water partition coefficient (Wildman–Crippen LogP) is 4.10. The van der Waals surface area contributed by atoms with Crippen molar-refractivity contribution in [3.8, 4) is 5.75 Å². The maximum absolute atomic E-state index is 13.6. The number of carbonyl (C=O) groups excluding carboxylic acids is 2. The molecule has 8 nitrogen and oxygen atoms in total. The number of hydrogen-bond acceptors (Lipinski definition) is 5. The molecule has 2 rings (SSSR count). The van der Waals surface area contributed by atoms with Gasteiger partial charge in [0.15, 0.2) is 0 Å². The standard InChI is InChI=1S/C24H31Cl2N3O5S/c1-6-16(2)27-24(31)17(3)28(14-18-9-7-8-10-20(18)26)23(30)15-29(35(5,32)33)21-13-19(25)11-12-22(21)34-4/h7-13,16-17H,6,14-15H2,1-5H3,(H,27,31). The number of nitrogens with zero attached hydrogens (tertiary/aromatic N) is 2. The lowest BCUT2D eigenvalue weighted by Crippen LogP contribution is -2.52. The lowest BCUT2D eigenvalue weighted by molar-refractivity contribution is -0.139. The molecule has 0 radical (unpaired) electrons. The highest BCUT2D eigenvalue weighted by molar-refractivity contribution is 7.92. The number of rotatable bonds is 11. The Morgan fingerprint density at radius 1 is 1.11 bits per heavy atom. The Labute approximate surface area is 217 Å². The van der Waals surface area contributed by atoms with Gasteiger partial charge in [0.2, 0.25) is 21.8 Å². The quantitative estimate of drug-likeness (QED) is 0.460. The zero-order valence-electron chi connectivity index (χ0n) is 20.4. The second-order valence-electron chi connectivity index (χ2n) is 8.19. The van der Waals surface area contributed by atoms with E-state index < -0.39 is 28.5 Å². The number of ether oxygens (including phenoxy) is 1. The summed E-state index contributed by atoms with van der Waals surface area (Å²) in [5, 5.41) is 3.57. The molecule has 0 aromatic heterocycles. The zero-order valence-corrected chi connectivity index (χ0v) is 22.7. The number of methoxy groups -OCH3 is 1. The number of sulfonamides is 1. The normalized spacial score (nSPS) is 13.0. The maximum Gasteiger partial charge on any atom is 0.244 e. The van der Waals surface area contributed by atoms with Gasteiger partial charge in [-0.05, 0) is 50.1 Å². The van der Waals surface area contributed by atoms with Gasteiger partial charge in [-0.2, -0.15) is 0 Å². The molecule has 2 amide bonds. The molecule has 0 aliphatic carbocycles. The van der Waals surface area contributed by atoms with Gasteiger partial charge in [-0.1, -0.05) is 48.3 Å². The molecule has 0 spiro atoms. The van der Waals surface area contributed by atoms with Crippen LogP contribution in [0.4, 0.5) is 5.69 Å². The van der Waals surface area contributed by atoms with Crippen LogP contribution in [0.25, 0.3) is 0 Å². The number of nitrogens with one attached hydrogen (secondary N) is 1. The van der Waals surface area contributed by atoms with Crippen LogP contribution in [0.1, 0.15) is 32.8 Å². The van der Waals surface area contributed by atoms with Gasteiger partial charge in [-0.15, -0.1) is 0 Å². The molecule has 0 saturated carbocycles. The molecule has 192 valence electrons. The molecule has 0 heterocycles. The van der Waals surface area contributed by atoms with Crippen LogP contribution in [0.15, 0.2) is 42.5 Å². The number of carbonyl (C=O) groups is 2. The van der Waals surface area contributed by atoms with E-state index >= 15 is 0 Å². The lowest BCUT2D eigenvalue weighted by Gasteiger charge is -2.32. The van der Waals surface area contributed by atoms with Crippen molar-refractivity contribution in [2.75, 3.05) is 24.2 Å². The molecule has 2 aromatic carbocycles. The van der Waals surface area contributed by atoms with Gasteiger partial charge in [0.25, 0.3) is 0 Å². The van der Waals surface area contributed by atoms with Crippen molar-refractivity contribution in [3.05, 3.63) is 58.1 Å². The van der Waals surface area contributed by atoms with Crippen LogP contribution in [0.3, 0.4) is 0 Å². The highest BCUT2D eigenvalue weighted by Gasteiger charge is 2.31. The van der Waals surface area contributed by atoms with E-state index in [0.717, 1.165) is 10.6 Å². The molecular formula is C24H31Cl2N3O5S. The number of anilines is 1. The second kappa shape index (κ2) is 12.5. The fourth-order valence-corrected chi connectivity index (χ4v) is 4.52. The van der Waals surface area contributed by atoms with E-state index in [2.05, 4.69) is 5.32 Å². The van der Waals surface area contributed by atoms with Gasteiger partial charge in [-0.3, -0.25) is 13.9 Å². The minimum Gasteiger partial charge on any atom is -0.495 e. The second-order valence-corrected chi connectivity index (χ2v) is 10.9. The van der Waals surface area contributed by atoms with Crippen LogP contribution < -0.4 is 14.4 Å². The van der Waals surface area contributed by atoms with Crippen molar-refractivity contribution in [1.29, 1.82) is 0 Å². The van der Waals surface area contributed by atoms with Crippen LogP contribution in [0, 0.1) is 0 Å². The summed E-state index contributed by atoms with van der Waals surface area (Å²) in [4.78, 5) is 27.8. The molecule has 2 aromatic rings. The minimum atomic E-state index is -3.93. The van der Waals surface area contributed by atoms with E-state index in [0.29, 0.717) is 17.0 Å². The van der Waals surface area contributed by atoms with Crippen LogP contribution in [0.2, 0.25) is 10.0 Å². The summed E-state index contributed by atoms with van der Waals surface area (Å²) in [6, 6.07) is 10.5. The summed E-state index contributed by atoms with van der Waals surface area (Å²) in [5.41, 5.74) is 0.738. The van der Waals surface area contributed by atoms with E-state index in [9.17, 15) is 18.0 Å². The molecule has 0 aliphatic rings. The fourth-order valence-electron chi connectivity index (χ4n) is 3.31. The highest BCUT2D eigenvalue weighted by atomic mass is 35.5. The Morgan fingerprint density at radius 3 is 2.34 bits per heavy atom. The largest absolute Gasteiger partial charge is 0.495 e. The van der Waals surface area contributed by atoms with E-state index in [4.69, 9.17) is 27.9 Å². The smallest absolute Gasteiger partial charge is 0.244 e. The molecule has 0 saturated heterocycles. The first-order valence-corrected chi connectivity index (χ1v) is 13.6. The van der Waals surface area contributed by atoms with Crippen molar-refractivity contribution < 1.29 is 22.7 Å². The highest BCUT2D eigenvalue weighted by Crippen LogP contribution is 2.33. The van der Waals surface area contributed by atoms with Crippen LogP contribution in [-0.4, -0.2) is 57.1 Å². The maximum atomic E-state index is 13.6.